The number of nitriles is 1. The van der Waals surface area contributed by atoms with Crippen molar-refractivity contribution in [2.24, 2.45) is 0 Å². The maximum Gasteiger partial charge on any atom is 0.451 e. The Hall–Kier alpha value is -0.525. The van der Waals surface area contributed by atoms with Gasteiger partial charge in [0, 0.05) is 6.42 Å². The smallest absolute Gasteiger partial charge is 0.427 e. The third kappa shape index (κ3) is 9.47. The lowest BCUT2D eigenvalue weighted by atomic mass is 9.83. The molecule has 0 aliphatic carbocycles. The van der Waals surface area contributed by atoms with Gasteiger partial charge in [-0.2, -0.15) is 5.26 Å². The molecular formula is C7H14BNO2. The first-order valence-corrected chi connectivity index (χ1v) is 4.00. The predicted octanol–water partition coefficient (Wildman–Crippen LogP) is 0.933. The fourth-order valence-corrected chi connectivity index (χ4v) is 0.885. The van der Waals surface area contributed by atoms with Crippen LogP contribution in [0.15, 0.2) is 0 Å². The predicted molar refractivity (Wildman–Crippen MR) is 43.7 cm³/mol. The van der Waals surface area contributed by atoms with Crippen molar-refractivity contribution < 1.29 is 10.0 Å². The summed E-state index contributed by atoms with van der Waals surface area (Å²) in [7, 11) is -1.16. The molecular weight excluding hydrogens is 141 g/mol. The quantitative estimate of drug-likeness (QED) is 0.443. The topological polar surface area (TPSA) is 64.2 Å². The van der Waals surface area contributed by atoms with Crippen molar-refractivity contribution in [3.8, 4) is 6.07 Å². The van der Waals surface area contributed by atoms with Crippen LogP contribution in [0.4, 0.5) is 0 Å². The lowest BCUT2D eigenvalue weighted by Crippen LogP contribution is -2.09. The number of rotatable bonds is 6. The highest BCUT2D eigenvalue weighted by Crippen LogP contribution is 2.05. The highest BCUT2D eigenvalue weighted by Gasteiger charge is 2.04. The third-order valence-electron chi connectivity index (χ3n) is 1.50. The maximum atomic E-state index is 8.46. The Morgan fingerprint density at radius 3 is 2.27 bits per heavy atom. The Balaban J connectivity index is 2.86. The highest BCUT2D eigenvalue weighted by atomic mass is 16.4. The largest absolute Gasteiger partial charge is 0.451 e. The Morgan fingerprint density at radius 2 is 1.73 bits per heavy atom. The van der Waals surface area contributed by atoms with Gasteiger partial charge in [-0.1, -0.05) is 19.3 Å². The van der Waals surface area contributed by atoms with Crippen LogP contribution in [0.5, 0.6) is 0 Å². The van der Waals surface area contributed by atoms with Gasteiger partial charge in [0.2, 0.25) is 0 Å². The molecule has 0 unspecified atom stereocenters. The summed E-state index contributed by atoms with van der Waals surface area (Å²) in [6.07, 6.45) is 4.83. The maximum absolute atomic E-state index is 8.46. The summed E-state index contributed by atoms with van der Waals surface area (Å²) in [5, 5.41) is 25.1. The second-order valence-electron chi connectivity index (χ2n) is 2.59. The molecule has 0 aromatic carbocycles. The molecule has 0 aliphatic rings. The van der Waals surface area contributed by atoms with Crippen molar-refractivity contribution in [3.05, 3.63) is 0 Å². The van der Waals surface area contributed by atoms with Gasteiger partial charge in [-0.05, 0) is 12.7 Å². The first-order valence-electron chi connectivity index (χ1n) is 4.00. The van der Waals surface area contributed by atoms with Gasteiger partial charge in [0.15, 0.2) is 0 Å². The normalized spacial score (nSPS) is 9.18. The van der Waals surface area contributed by atoms with Gasteiger partial charge in [-0.3, -0.25) is 0 Å². The van der Waals surface area contributed by atoms with E-state index in [2.05, 4.69) is 6.07 Å². The van der Waals surface area contributed by atoms with Gasteiger partial charge in [0.1, 0.15) is 0 Å². The summed E-state index contributed by atoms with van der Waals surface area (Å²) in [6, 6.07) is 2.07. The molecule has 0 rings (SSSR count). The molecule has 11 heavy (non-hydrogen) atoms. The number of nitrogens with zero attached hydrogens (tertiary/aromatic N) is 1. The third-order valence-corrected chi connectivity index (χ3v) is 1.50. The minimum absolute atomic E-state index is 0.451. The first kappa shape index (κ1) is 10.5. The van der Waals surface area contributed by atoms with E-state index in [0.29, 0.717) is 12.7 Å². The van der Waals surface area contributed by atoms with E-state index in [1.54, 1.807) is 0 Å². The van der Waals surface area contributed by atoms with E-state index >= 15 is 0 Å². The first-order chi connectivity index (χ1) is 5.27. The summed E-state index contributed by atoms with van der Waals surface area (Å²) in [5.41, 5.74) is 0. The van der Waals surface area contributed by atoms with E-state index < -0.39 is 7.12 Å². The van der Waals surface area contributed by atoms with Crippen LogP contribution >= 0.6 is 0 Å². The van der Waals surface area contributed by atoms with Crippen molar-refractivity contribution in [2.75, 3.05) is 0 Å². The van der Waals surface area contributed by atoms with Crippen LogP contribution in [0, 0.1) is 11.3 Å². The molecule has 0 heterocycles. The van der Waals surface area contributed by atoms with Crippen LogP contribution in [0.3, 0.4) is 0 Å². The molecule has 0 bridgehead atoms. The van der Waals surface area contributed by atoms with E-state index in [-0.39, 0.29) is 0 Å². The zero-order valence-electron chi connectivity index (χ0n) is 6.66. The van der Waals surface area contributed by atoms with E-state index in [1.165, 1.54) is 0 Å². The molecule has 3 nitrogen and oxygen atoms in total. The molecule has 0 radical (unpaired) electrons. The fraction of sp³-hybridized carbons (Fsp3) is 0.857. The van der Waals surface area contributed by atoms with Gasteiger partial charge in [0.25, 0.3) is 0 Å². The molecule has 0 fully saturated rings. The Kier molecular flexibility index (Phi) is 7.22. The molecule has 0 atom stereocenters. The fourth-order valence-electron chi connectivity index (χ4n) is 0.885. The summed E-state index contributed by atoms with van der Waals surface area (Å²) in [4.78, 5) is 0. The van der Waals surface area contributed by atoms with Gasteiger partial charge in [-0.25, -0.2) is 0 Å². The van der Waals surface area contributed by atoms with E-state index in [9.17, 15) is 0 Å². The zero-order chi connectivity index (χ0) is 8.53. The molecule has 0 aromatic heterocycles. The average Bonchev–Trinajstić information content (AvgIpc) is 1.96. The summed E-state index contributed by atoms with van der Waals surface area (Å²) >= 11 is 0. The lowest BCUT2D eigenvalue weighted by molar-refractivity contribution is 0.401. The second kappa shape index (κ2) is 7.58. The molecule has 2 N–H and O–H groups in total. The second-order valence-corrected chi connectivity index (χ2v) is 2.59. The van der Waals surface area contributed by atoms with Gasteiger partial charge < -0.3 is 10.0 Å². The Morgan fingerprint density at radius 1 is 1.09 bits per heavy atom. The van der Waals surface area contributed by atoms with Crippen molar-refractivity contribution in [3.63, 3.8) is 0 Å². The number of unbranched alkanes of at least 4 members (excludes halogenated alkanes) is 4. The summed E-state index contributed by atoms with van der Waals surface area (Å²) < 4.78 is 0. The molecule has 0 aromatic rings. The molecule has 62 valence electrons. The standard InChI is InChI=1S/C7H14BNO2/c9-7-5-3-1-2-4-6-8(10)11/h10-11H,1-6H2. The molecule has 0 aliphatic heterocycles. The van der Waals surface area contributed by atoms with Crippen LogP contribution < -0.4 is 0 Å². The summed E-state index contributed by atoms with van der Waals surface area (Å²) in [6.45, 7) is 0. The summed E-state index contributed by atoms with van der Waals surface area (Å²) in [5.74, 6) is 0. The Labute approximate surface area is 67.8 Å². The monoisotopic (exact) mass is 155 g/mol. The number of hydrogen-bond acceptors (Lipinski definition) is 3. The van der Waals surface area contributed by atoms with Gasteiger partial charge >= 0.3 is 7.12 Å². The van der Waals surface area contributed by atoms with Crippen LogP contribution in [0.1, 0.15) is 32.1 Å². The van der Waals surface area contributed by atoms with Crippen molar-refractivity contribution in [1.29, 1.82) is 5.26 Å². The van der Waals surface area contributed by atoms with Crippen molar-refractivity contribution >= 4 is 7.12 Å². The molecule has 0 amide bonds. The molecule has 0 saturated carbocycles. The van der Waals surface area contributed by atoms with Crippen LogP contribution in [0.25, 0.3) is 0 Å². The van der Waals surface area contributed by atoms with E-state index in [4.69, 9.17) is 15.3 Å². The SMILES string of the molecule is N#CCCCCCCB(O)O. The molecule has 0 saturated heterocycles. The van der Waals surface area contributed by atoms with E-state index in [0.717, 1.165) is 25.7 Å². The lowest BCUT2D eigenvalue weighted by Gasteiger charge is -1.97. The highest BCUT2D eigenvalue weighted by molar-refractivity contribution is 6.40. The minimum Gasteiger partial charge on any atom is -0.427 e. The van der Waals surface area contributed by atoms with Crippen LogP contribution in [-0.2, 0) is 0 Å². The van der Waals surface area contributed by atoms with Crippen LogP contribution in [-0.4, -0.2) is 17.2 Å². The number of hydrogen-bond donors (Lipinski definition) is 2. The minimum atomic E-state index is -1.16. The van der Waals surface area contributed by atoms with Crippen molar-refractivity contribution in [2.45, 2.75) is 38.4 Å². The van der Waals surface area contributed by atoms with Gasteiger partial charge in [0.05, 0.1) is 6.07 Å². The van der Waals surface area contributed by atoms with Gasteiger partial charge in [-0.15, -0.1) is 0 Å². The van der Waals surface area contributed by atoms with E-state index in [1.807, 2.05) is 0 Å². The average molecular weight is 155 g/mol. The zero-order valence-corrected chi connectivity index (χ0v) is 6.66. The van der Waals surface area contributed by atoms with Crippen LogP contribution in [0.2, 0.25) is 6.32 Å². The van der Waals surface area contributed by atoms with Crippen molar-refractivity contribution in [1.82, 2.24) is 0 Å². The Bertz CT molecular complexity index is 122. The molecule has 4 heteroatoms. The molecule has 0 spiro atoms.